The van der Waals surface area contributed by atoms with Crippen molar-refractivity contribution in [1.82, 2.24) is 10.2 Å². The van der Waals surface area contributed by atoms with Crippen molar-refractivity contribution in [1.29, 1.82) is 0 Å². The van der Waals surface area contributed by atoms with E-state index < -0.39 is 5.54 Å². The van der Waals surface area contributed by atoms with Gasteiger partial charge in [-0.05, 0) is 55.7 Å². The molecule has 0 aliphatic carbocycles. The molecule has 0 unspecified atom stereocenters. The lowest BCUT2D eigenvalue weighted by Gasteiger charge is -2.27. The summed E-state index contributed by atoms with van der Waals surface area (Å²) in [5, 5.41) is 3.97. The van der Waals surface area contributed by atoms with Crippen LogP contribution in [0.3, 0.4) is 0 Å². The zero-order chi connectivity index (χ0) is 19.6. The molecule has 2 amide bonds. The van der Waals surface area contributed by atoms with Gasteiger partial charge in [0.2, 0.25) is 5.91 Å². The van der Waals surface area contributed by atoms with Crippen LogP contribution in [0, 0.1) is 0 Å². The van der Waals surface area contributed by atoms with E-state index in [1.165, 1.54) is 0 Å². The molecule has 1 N–H and O–H groups in total. The third-order valence-corrected chi connectivity index (χ3v) is 5.57. The van der Waals surface area contributed by atoms with Crippen LogP contribution in [0.1, 0.15) is 48.2 Å². The van der Waals surface area contributed by atoms with Crippen molar-refractivity contribution in [2.75, 3.05) is 6.54 Å². The SMILES string of the molecule is CC(C)(NC(=O)c1ccc(CN2CCCC2=O)cc1)c1ccc(Cl)c(Cl)c1. The van der Waals surface area contributed by atoms with Gasteiger partial charge in [-0.1, -0.05) is 41.4 Å². The molecule has 0 radical (unpaired) electrons. The number of nitrogens with one attached hydrogen (secondary N) is 1. The number of hydrogen-bond acceptors (Lipinski definition) is 2. The minimum atomic E-state index is -0.605. The highest BCUT2D eigenvalue weighted by Gasteiger charge is 2.24. The van der Waals surface area contributed by atoms with Crippen LogP contribution in [0.2, 0.25) is 10.0 Å². The molecule has 2 aromatic rings. The summed E-state index contributed by atoms with van der Waals surface area (Å²) in [6.45, 7) is 5.23. The largest absolute Gasteiger partial charge is 0.343 e. The van der Waals surface area contributed by atoms with E-state index in [-0.39, 0.29) is 11.8 Å². The van der Waals surface area contributed by atoms with Crippen LogP contribution in [0.5, 0.6) is 0 Å². The molecule has 6 heteroatoms. The monoisotopic (exact) mass is 404 g/mol. The number of carbonyl (C=O) groups excluding carboxylic acids is 2. The molecule has 0 spiro atoms. The van der Waals surface area contributed by atoms with Crippen molar-refractivity contribution < 1.29 is 9.59 Å². The number of rotatable bonds is 5. The van der Waals surface area contributed by atoms with E-state index in [4.69, 9.17) is 23.2 Å². The summed E-state index contributed by atoms with van der Waals surface area (Å²) in [5.74, 6) is 0.0232. The van der Waals surface area contributed by atoms with Gasteiger partial charge in [-0.3, -0.25) is 9.59 Å². The predicted molar refractivity (Wildman–Crippen MR) is 108 cm³/mol. The third-order valence-electron chi connectivity index (χ3n) is 4.83. The van der Waals surface area contributed by atoms with Gasteiger partial charge in [-0.15, -0.1) is 0 Å². The number of hydrogen-bond donors (Lipinski definition) is 1. The summed E-state index contributed by atoms with van der Waals surface area (Å²) < 4.78 is 0. The van der Waals surface area contributed by atoms with E-state index in [2.05, 4.69) is 5.32 Å². The normalized spacial score (nSPS) is 14.5. The Bertz CT molecular complexity index is 863. The summed E-state index contributed by atoms with van der Waals surface area (Å²) >= 11 is 12.1. The molecule has 27 heavy (non-hydrogen) atoms. The second kappa shape index (κ2) is 7.91. The fourth-order valence-electron chi connectivity index (χ4n) is 3.17. The number of halogens is 2. The van der Waals surface area contributed by atoms with Crippen molar-refractivity contribution in [3.63, 3.8) is 0 Å². The molecule has 0 aromatic heterocycles. The van der Waals surface area contributed by atoms with Gasteiger partial charge in [0.25, 0.3) is 5.91 Å². The number of benzene rings is 2. The Balaban J connectivity index is 1.68. The topological polar surface area (TPSA) is 49.4 Å². The zero-order valence-electron chi connectivity index (χ0n) is 15.4. The lowest BCUT2D eigenvalue weighted by molar-refractivity contribution is -0.128. The second-order valence-electron chi connectivity index (χ2n) is 7.32. The van der Waals surface area contributed by atoms with Crippen LogP contribution in [-0.4, -0.2) is 23.3 Å². The Morgan fingerprint density at radius 1 is 1.11 bits per heavy atom. The molecular weight excluding hydrogens is 383 g/mol. The smallest absolute Gasteiger partial charge is 0.251 e. The van der Waals surface area contributed by atoms with Crippen LogP contribution >= 0.6 is 23.2 Å². The van der Waals surface area contributed by atoms with Gasteiger partial charge in [0.1, 0.15) is 0 Å². The van der Waals surface area contributed by atoms with Gasteiger partial charge in [0.05, 0.1) is 15.6 Å². The first-order valence-electron chi connectivity index (χ1n) is 8.91. The highest BCUT2D eigenvalue weighted by Crippen LogP contribution is 2.28. The van der Waals surface area contributed by atoms with Crippen molar-refractivity contribution >= 4 is 35.0 Å². The van der Waals surface area contributed by atoms with Gasteiger partial charge >= 0.3 is 0 Å². The number of nitrogens with zero attached hydrogens (tertiary/aromatic N) is 1. The summed E-state index contributed by atoms with van der Waals surface area (Å²) in [5.41, 5.74) is 1.85. The molecule has 1 saturated heterocycles. The van der Waals surface area contributed by atoms with Crippen LogP contribution in [-0.2, 0) is 16.9 Å². The number of likely N-dealkylation sites (tertiary alicyclic amines) is 1. The first-order chi connectivity index (χ1) is 12.8. The maximum absolute atomic E-state index is 12.7. The molecule has 1 aliphatic heterocycles. The molecule has 0 bridgehead atoms. The van der Waals surface area contributed by atoms with Gasteiger partial charge in [-0.25, -0.2) is 0 Å². The molecule has 3 rings (SSSR count). The van der Waals surface area contributed by atoms with Crippen molar-refractivity contribution in [2.45, 2.75) is 38.8 Å². The van der Waals surface area contributed by atoms with E-state index in [9.17, 15) is 9.59 Å². The highest BCUT2D eigenvalue weighted by atomic mass is 35.5. The molecule has 2 aromatic carbocycles. The molecule has 0 saturated carbocycles. The summed E-state index contributed by atoms with van der Waals surface area (Å²) in [6, 6.07) is 12.7. The molecular formula is C21H22Cl2N2O2. The van der Waals surface area contributed by atoms with E-state index in [1.54, 1.807) is 24.3 Å². The van der Waals surface area contributed by atoms with E-state index >= 15 is 0 Å². The van der Waals surface area contributed by atoms with Gasteiger partial charge in [0, 0.05) is 25.1 Å². The Morgan fingerprint density at radius 3 is 2.41 bits per heavy atom. The lowest BCUT2D eigenvalue weighted by atomic mass is 9.94. The zero-order valence-corrected chi connectivity index (χ0v) is 16.9. The highest BCUT2D eigenvalue weighted by molar-refractivity contribution is 6.42. The lowest BCUT2D eigenvalue weighted by Crippen LogP contribution is -2.41. The van der Waals surface area contributed by atoms with Crippen molar-refractivity contribution in [2.24, 2.45) is 0 Å². The Morgan fingerprint density at radius 2 is 1.81 bits per heavy atom. The standard InChI is InChI=1S/C21H22Cl2N2O2/c1-21(2,16-9-10-17(22)18(23)12-16)24-20(27)15-7-5-14(6-8-15)13-25-11-3-4-19(25)26/h5-10,12H,3-4,11,13H2,1-2H3,(H,24,27). The molecule has 0 atom stereocenters. The number of amides is 2. The van der Waals surface area contributed by atoms with Crippen LogP contribution in [0.25, 0.3) is 0 Å². The minimum Gasteiger partial charge on any atom is -0.343 e. The molecule has 142 valence electrons. The summed E-state index contributed by atoms with van der Waals surface area (Å²) in [7, 11) is 0. The van der Waals surface area contributed by atoms with Crippen LogP contribution < -0.4 is 5.32 Å². The van der Waals surface area contributed by atoms with Gasteiger partial charge in [-0.2, -0.15) is 0 Å². The van der Waals surface area contributed by atoms with Crippen LogP contribution in [0.4, 0.5) is 0 Å². The van der Waals surface area contributed by atoms with Crippen molar-refractivity contribution in [3.8, 4) is 0 Å². The third kappa shape index (κ3) is 4.63. The maximum Gasteiger partial charge on any atom is 0.251 e. The van der Waals surface area contributed by atoms with Gasteiger partial charge in [0.15, 0.2) is 0 Å². The minimum absolute atomic E-state index is 0.171. The van der Waals surface area contributed by atoms with Crippen LogP contribution in [0.15, 0.2) is 42.5 Å². The fourth-order valence-corrected chi connectivity index (χ4v) is 3.46. The first kappa shape index (κ1) is 19.7. The molecule has 1 heterocycles. The fraction of sp³-hybridized carbons (Fsp3) is 0.333. The molecule has 1 fully saturated rings. The number of carbonyl (C=O) groups is 2. The summed E-state index contributed by atoms with van der Waals surface area (Å²) in [6.07, 6.45) is 1.55. The molecule has 1 aliphatic rings. The Kier molecular flexibility index (Phi) is 5.78. The van der Waals surface area contributed by atoms with Crippen molar-refractivity contribution in [3.05, 3.63) is 69.2 Å². The summed E-state index contributed by atoms with van der Waals surface area (Å²) in [4.78, 5) is 26.2. The quantitative estimate of drug-likeness (QED) is 0.778. The van der Waals surface area contributed by atoms with E-state index in [0.29, 0.717) is 28.6 Å². The Labute approximate surface area is 169 Å². The van der Waals surface area contributed by atoms with Gasteiger partial charge < -0.3 is 10.2 Å². The predicted octanol–water partition coefficient (Wildman–Crippen LogP) is 4.78. The maximum atomic E-state index is 12.7. The average Bonchev–Trinajstić information content (AvgIpc) is 3.02. The molecule has 4 nitrogen and oxygen atoms in total. The van der Waals surface area contributed by atoms with E-state index in [1.807, 2.05) is 36.9 Å². The van der Waals surface area contributed by atoms with E-state index in [0.717, 1.165) is 24.1 Å². The average molecular weight is 405 g/mol. The Hall–Kier alpha value is -2.04. The second-order valence-corrected chi connectivity index (χ2v) is 8.14. The first-order valence-corrected chi connectivity index (χ1v) is 9.66.